The van der Waals surface area contributed by atoms with Crippen LogP contribution in [0.3, 0.4) is 0 Å². The van der Waals surface area contributed by atoms with Crippen molar-refractivity contribution in [3.05, 3.63) is 71.2 Å². The first kappa shape index (κ1) is 15.9. The van der Waals surface area contributed by atoms with Crippen molar-refractivity contribution in [2.45, 2.75) is 6.10 Å². The van der Waals surface area contributed by atoms with Crippen molar-refractivity contribution in [2.24, 2.45) is 0 Å². The van der Waals surface area contributed by atoms with Crippen molar-refractivity contribution in [2.75, 3.05) is 18.1 Å². The molecule has 1 aliphatic rings. The molecule has 0 spiro atoms. The highest BCUT2D eigenvalue weighted by atomic mass is 35.5. The van der Waals surface area contributed by atoms with Crippen molar-refractivity contribution >= 4 is 34.0 Å². The summed E-state index contributed by atoms with van der Waals surface area (Å²) in [6.07, 6.45) is -0.802. The molecular weight excluding hydrogens is 338 g/mol. The summed E-state index contributed by atoms with van der Waals surface area (Å²) in [7, 11) is 0. The molecule has 0 bridgehead atoms. The van der Waals surface area contributed by atoms with E-state index < -0.39 is 6.10 Å². The van der Waals surface area contributed by atoms with Crippen molar-refractivity contribution in [1.82, 2.24) is 0 Å². The quantitative estimate of drug-likeness (QED) is 0.757. The van der Waals surface area contributed by atoms with Crippen LogP contribution in [0.25, 0.3) is 10.8 Å². The molecule has 25 heavy (non-hydrogen) atoms. The van der Waals surface area contributed by atoms with Crippen LogP contribution in [0, 0.1) is 0 Å². The van der Waals surface area contributed by atoms with Gasteiger partial charge in [0.15, 0.2) is 0 Å². The molecule has 1 N–H and O–H groups in total. The van der Waals surface area contributed by atoms with E-state index in [4.69, 9.17) is 16.3 Å². The molecule has 4 nitrogen and oxygen atoms in total. The van der Waals surface area contributed by atoms with Gasteiger partial charge in [0.2, 0.25) is 0 Å². The van der Waals surface area contributed by atoms with Gasteiger partial charge in [0.1, 0.15) is 18.5 Å². The Morgan fingerprint density at radius 2 is 1.76 bits per heavy atom. The summed E-state index contributed by atoms with van der Waals surface area (Å²) in [5.74, 6) is 0.541. The van der Waals surface area contributed by atoms with Crippen molar-refractivity contribution in [3.63, 3.8) is 0 Å². The van der Waals surface area contributed by atoms with Gasteiger partial charge in [-0.1, -0.05) is 35.9 Å². The third-order valence-corrected chi connectivity index (χ3v) is 4.55. The van der Waals surface area contributed by atoms with Gasteiger partial charge >= 0.3 is 0 Å². The molecule has 0 saturated carbocycles. The van der Waals surface area contributed by atoms with E-state index in [0.717, 1.165) is 16.5 Å². The third kappa shape index (κ3) is 2.95. The smallest absolute Gasteiger partial charge is 0.259 e. The van der Waals surface area contributed by atoms with Gasteiger partial charge in [-0.15, -0.1) is 0 Å². The van der Waals surface area contributed by atoms with E-state index in [0.29, 0.717) is 16.3 Å². The average molecular weight is 354 g/mol. The predicted octanol–water partition coefficient (Wildman–Crippen LogP) is 3.89. The average Bonchev–Trinajstić information content (AvgIpc) is 2.89. The number of halogens is 1. The van der Waals surface area contributed by atoms with E-state index in [1.54, 1.807) is 29.2 Å². The first-order valence-electron chi connectivity index (χ1n) is 8.03. The minimum Gasteiger partial charge on any atom is -0.491 e. The highest BCUT2D eigenvalue weighted by molar-refractivity contribution is 6.30. The van der Waals surface area contributed by atoms with Gasteiger partial charge in [-0.2, -0.15) is 0 Å². The molecule has 1 heterocycles. The number of aliphatic hydroxyl groups excluding tert-OH is 1. The van der Waals surface area contributed by atoms with Gasteiger partial charge in [-0.3, -0.25) is 4.79 Å². The second-order valence-corrected chi connectivity index (χ2v) is 6.45. The Morgan fingerprint density at radius 3 is 2.52 bits per heavy atom. The van der Waals surface area contributed by atoms with Crippen molar-refractivity contribution < 1.29 is 14.6 Å². The van der Waals surface area contributed by atoms with Crippen LogP contribution in [0.2, 0.25) is 5.02 Å². The number of rotatable bonds is 5. The Bertz CT molecular complexity index is 934. The first-order chi connectivity index (χ1) is 12.1. The van der Waals surface area contributed by atoms with Crippen LogP contribution in [-0.2, 0) is 0 Å². The summed E-state index contributed by atoms with van der Waals surface area (Å²) in [5, 5.41) is 12.9. The van der Waals surface area contributed by atoms with E-state index in [9.17, 15) is 9.90 Å². The zero-order chi connectivity index (χ0) is 17.4. The number of carbonyl (C=O) groups excluding carboxylic acids is 1. The maximum absolute atomic E-state index is 12.7. The van der Waals surface area contributed by atoms with Gasteiger partial charge in [-0.25, -0.2) is 0 Å². The number of carbonyl (C=O) groups is 1. The fourth-order valence-electron chi connectivity index (χ4n) is 3.15. The highest BCUT2D eigenvalue weighted by Gasteiger charge is 2.30. The van der Waals surface area contributed by atoms with Gasteiger partial charge < -0.3 is 14.7 Å². The molecule has 5 heteroatoms. The van der Waals surface area contributed by atoms with E-state index in [2.05, 4.69) is 0 Å². The van der Waals surface area contributed by atoms with E-state index >= 15 is 0 Å². The van der Waals surface area contributed by atoms with Gasteiger partial charge in [0.25, 0.3) is 5.91 Å². The third-order valence-electron chi connectivity index (χ3n) is 4.30. The number of hydrogen-bond acceptors (Lipinski definition) is 3. The number of β-amino-alcohol motifs (C(OH)–C–C–N with tert-alkyl or cyclic N) is 1. The molecule has 1 unspecified atom stereocenters. The van der Waals surface area contributed by atoms with Crippen LogP contribution in [0.5, 0.6) is 5.75 Å². The van der Waals surface area contributed by atoms with Crippen LogP contribution in [0.15, 0.2) is 60.7 Å². The van der Waals surface area contributed by atoms with E-state index in [1.807, 2.05) is 36.4 Å². The van der Waals surface area contributed by atoms with Crippen molar-refractivity contribution in [3.8, 4) is 5.75 Å². The molecule has 126 valence electrons. The molecule has 0 fully saturated rings. The summed E-state index contributed by atoms with van der Waals surface area (Å²) in [6.45, 7) is 0.276. The largest absolute Gasteiger partial charge is 0.491 e. The number of hydrogen-bond donors (Lipinski definition) is 1. The minimum absolute atomic E-state index is 0.0858. The lowest BCUT2D eigenvalue weighted by Crippen LogP contribution is -2.37. The van der Waals surface area contributed by atoms with Crippen LogP contribution in [0.4, 0.5) is 5.69 Å². The van der Waals surface area contributed by atoms with E-state index in [1.165, 1.54) is 0 Å². The summed E-state index contributed by atoms with van der Waals surface area (Å²) in [5.41, 5.74) is 1.52. The Balaban J connectivity index is 1.49. The number of amides is 1. The second kappa shape index (κ2) is 6.39. The second-order valence-electron chi connectivity index (χ2n) is 6.02. The maximum Gasteiger partial charge on any atom is 0.259 e. The molecule has 0 saturated heterocycles. The SMILES string of the molecule is O=C1c2cccc3cccc(c23)N1CC(O)COc1ccc(Cl)cc1. The van der Waals surface area contributed by atoms with E-state index in [-0.39, 0.29) is 19.1 Å². The van der Waals surface area contributed by atoms with Gasteiger partial charge in [0, 0.05) is 16.0 Å². The summed E-state index contributed by atoms with van der Waals surface area (Å²) >= 11 is 5.84. The zero-order valence-corrected chi connectivity index (χ0v) is 14.1. The molecule has 1 amide bonds. The van der Waals surface area contributed by atoms with Crippen LogP contribution in [0.1, 0.15) is 10.4 Å². The topological polar surface area (TPSA) is 49.8 Å². The molecule has 0 aliphatic carbocycles. The number of anilines is 1. The Hall–Kier alpha value is -2.56. The zero-order valence-electron chi connectivity index (χ0n) is 13.4. The normalized spacial score (nSPS) is 14.2. The minimum atomic E-state index is -0.802. The Kier molecular flexibility index (Phi) is 4.07. The highest BCUT2D eigenvalue weighted by Crippen LogP contribution is 2.37. The van der Waals surface area contributed by atoms with Gasteiger partial charge in [0.05, 0.1) is 12.2 Å². The lowest BCUT2D eigenvalue weighted by molar-refractivity contribution is 0.0914. The first-order valence-corrected chi connectivity index (χ1v) is 8.41. The van der Waals surface area contributed by atoms with Crippen LogP contribution >= 0.6 is 11.6 Å². The van der Waals surface area contributed by atoms with Crippen molar-refractivity contribution in [1.29, 1.82) is 0 Å². The van der Waals surface area contributed by atoms with Crippen LogP contribution in [-0.4, -0.2) is 30.3 Å². The fourth-order valence-corrected chi connectivity index (χ4v) is 3.27. The Morgan fingerprint density at radius 1 is 1.04 bits per heavy atom. The molecular formula is C20H16ClNO3. The monoisotopic (exact) mass is 353 g/mol. The molecule has 1 atom stereocenters. The molecule has 0 aromatic heterocycles. The van der Waals surface area contributed by atoms with Gasteiger partial charge in [-0.05, 0) is 41.8 Å². The molecule has 3 aromatic carbocycles. The number of nitrogens with zero attached hydrogens (tertiary/aromatic N) is 1. The lowest BCUT2D eigenvalue weighted by atomic mass is 10.1. The fraction of sp³-hybridized carbons (Fsp3) is 0.150. The summed E-state index contributed by atoms with van der Waals surface area (Å²) in [4.78, 5) is 14.3. The molecule has 1 aliphatic heterocycles. The number of ether oxygens (including phenoxy) is 1. The Labute approximate surface area is 150 Å². The summed E-state index contributed by atoms with van der Waals surface area (Å²) in [6, 6.07) is 18.4. The lowest BCUT2D eigenvalue weighted by Gasteiger charge is -2.21. The number of aliphatic hydroxyl groups is 1. The predicted molar refractivity (Wildman–Crippen MR) is 98.6 cm³/mol. The molecule has 0 radical (unpaired) electrons. The van der Waals surface area contributed by atoms with Crippen LogP contribution < -0.4 is 9.64 Å². The maximum atomic E-state index is 12.7. The summed E-state index contributed by atoms with van der Waals surface area (Å²) < 4.78 is 5.57. The molecule has 4 rings (SSSR count). The standard InChI is InChI=1S/C20H16ClNO3/c21-14-7-9-16(10-8-14)25-12-15(23)11-22-18-6-2-4-13-3-1-5-17(19(13)18)20(22)24/h1-10,15,23H,11-12H2. The molecule has 3 aromatic rings. The number of benzene rings is 3.